The fourth-order valence-electron chi connectivity index (χ4n) is 2.30. The minimum Gasteiger partial charge on any atom is -0.334 e. The van der Waals surface area contributed by atoms with E-state index >= 15 is 0 Å². The van der Waals surface area contributed by atoms with Crippen LogP contribution in [0.5, 0.6) is 0 Å². The molecule has 0 N–H and O–H groups in total. The van der Waals surface area contributed by atoms with E-state index in [4.69, 9.17) is 9.78 Å². The summed E-state index contributed by atoms with van der Waals surface area (Å²) >= 11 is 0. The Morgan fingerprint density at radius 3 is 2.74 bits per heavy atom. The second-order valence-electron chi connectivity index (χ2n) is 4.80. The summed E-state index contributed by atoms with van der Waals surface area (Å²) in [7, 11) is 1.86. The number of rotatable bonds is 2. The summed E-state index contributed by atoms with van der Waals surface area (Å²) in [6, 6.07) is 9.89. The second-order valence-corrected chi connectivity index (χ2v) is 4.80. The van der Waals surface area contributed by atoms with Crippen molar-refractivity contribution in [2.75, 3.05) is 13.6 Å². The lowest BCUT2D eigenvalue weighted by Gasteiger charge is -2.33. The molecule has 19 heavy (non-hydrogen) atoms. The minimum atomic E-state index is -0.382. The topological polar surface area (TPSA) is 51.2 Å². The largest absolute Gasteiger partial charge is 0.334 e. The summed E-state index contributed by atoms with van der Waals surface area (Å²) in [5.41, 5.74) is 1.09. The molecule has 2 bridgehead atoms. The molecule has 2 saturated heterocycles. The van der Waals surface area contributed by atoms with Gasteiger partial charge >= 0.3 is 0 Å². The van der Waals surface area contributed by atoms with Crippen LogP contribution in [0.3, 0.4) is 0 Å². The number of hydrogen-bond donors (Lipinski definition) is 0. The van der Waals surface area contributed by atoms with Gasteiger partial charge in [0.25, 0.3) is 0 Å². The maximum atomic E-state index is 12.2. The molecule has 0 radical (unpaired) electrons. The second kappa shape index (κ2) is 5.26. The summed E-state index contributed by atoms with van der Waals surface area (Å²) < 4.78 is 0. The molecule has 2 aliphatic heterocycles. The van der Waals surface area contributed by atoms with Crippen LogP contribution >= 0.6 is 0 Å². The van der Waals surface area contributed by atoms with Gasteiger partial charge in [0.15, 0.2) is 12.5 Å². The molecule has 3 rings (SSSR count). The van der Waals surface area contributed by atoms with Crippen molar-refractivity contribution in [1.29, 1.82) is 0 Å². The first-order chi connectivity index (χ1) is 9.24. The van der Waals surface area contributed by atoms with E-state index in [1.807, 2.05) is 42.3 Å². The Morgan fingerprint density at radius 1 is 1.21 bits per heavy atom. The van der Waals surface area contributed by atoms with Crippen LogP contribution in [0, 0.1) is 0 Å². The maximum Gasteiger partial charge on any atom is 0.227 e. The Morgan fingerprint density at radius 2 is 1.95 bits per heavy atom. The van der Waals surface area contributed by atoms with Crippen molar-refractivity contribution in [3.8, 4) is 0 Å². The van der Waals surface area contributed by atoms with Crippen LogP contribution in [0.1, 0.15) is 12.0 Å². The highest BCUT2D eigenvalue weighted by molar-refractivity contribution is 5.77. The van der Waals surface area contributed by atoms with E-state index in [1.54, 1.807) is 4.90 Å². The molecule has 102 valence electrons. The van der Waals surface area contributed by atoms with Crippen molar-refractivity contribution in [3.63, 3.8) is 0 Å². The van der Waals surface area contributed by atoms with Crippen molar-refractivity contribution in [2.45, 2.75) is 25.4 Å². The van der Waals surface area contributed by atoms with Crippen molar-refractivity contribution in [2.24, 2.45) is 0 Å². The van der Waals surface area contributed by atoms with Crippen LogP contribution in [0.25, 0.3) is 0 Å². The third-order valence-electron chi connectivity index (χ3n) is 3.50. The number of nitrogens with zero attached hydrogens (tertiary/aromatic N) is 2. The summed E-state index contributed by atoms with van der Waals surface area (Å²) in [6.07, 6.45) is -0.413. The Bertz CT molecular complexity index is 453. The van der Waals surface area contributed by atoms with Crippen LogP contribution in [-0.2, 0) is 26.2 Å². The number of amides is 1. The first-order valence-electron chi connectivity index (χ1n) is 6.26. The number of hydrogen-bond acceptors (Lipinski definition) is 5. The average Bonchev–Trinajstić information content (AvgIpc) is 2.49. The van der Waals surface area contributed by atoms with Gasteiger partial charge in [-0.2, -0.15) is 9.78 Å². The van der Waals surface area contributed by atoms with Gasteiger partial charge < -0.3 is 4.90 Å². The van der Waals surface area contributed by atoms with Gasteiger partial charge in [0.1, 0.15) is 0 Å². The Labute approximate surface area is 111 Å². The van der Waals surface area contributed by atoms with Crippen molar-refractivity contribution in [1.82, 2.24) is 9.80 Å². The van der Waals surface area contributed by atoms with E-state index < -0.39 is 0 Å². The maximum absolute atomic E-state index is 12.2. The molecule has 0 spiro atoms. The Hall–Kier alpha value is -1.47. The SMILES string of the molecule is CN1C2CC(=O)N(Cc3ccccc3)CC1OOO2. The zero-order valence-corrected chi connectivity index (χ0v) is 10.7. The van der Waals surface area contributed by atoms with E-state index in [0.29, 0.717) is 13.1 Å². The summed E-state index contributed by atoms with van der Waals surface area (Å²) in [4.78, 5) is 25.9. The molecule has 6 heteroatoms. The zero-order chi connectivity index (χ0) is 13.2. The van der Waals surface area contributed by atoms with Crippen LogP contribution in [-0.4, -0.2) is 41.8 Å². The van der Waals surface area contributed by atoms with Crippen LogP contribution in [0.2, 0.25) is 0 Å². The number of fused-ring (bicyclic) bond motifs is 2. The number of carbonyl (C=O) groups excluding carboxylic acids is 1. The molecule has 6 nitrogen and oxygen atoms in total. The molecule has 1 amide bonds. The molecule has 2 aliphatic rings. The minimum absolute atomic E-state index is 0.0392. The Kier molecular flexibility index (Phi) is 3.48. The van der Waals surface area contributed by atoms with Crippen molar-refractivity contribution < 1.29 is 19.6 Å². The number of carbonyl (C=O) groups is 1. The summed E-state index contributed by atoms with van der Waals surface area (Å²) in [5.74, 6) is 0.0392. The van der Waals surface area contributed by atoms with E-state index in [-0.39, 0.29) is 24.8 Å². The number of likely N-dealkylation sites (N-methyl/N-ethyl adjacent to an activating group) is 1. The van der Waals surface area contributed by atoms with E-state index in [9.17, 15) is 4.79 Å². The molecule has 2 unspecified atom stereocenters. The monoisotopic (exact) mass is 264 g/mol. The van der Waals surface area contributed by atoms with Crippen LogP contribution < -0.4 is 0 Å². The third kappa shape index (κ3) is 2.62. The summed E-state index contributed by atoms with van der Waals surface area (Å²) in [6.45, 7) is 1.03. The molecular weight excluding hydrogens is 248 g/mol. The lowest BCUT2D eigenvalue weighted by Crippen LogP contribution is -2.49. The predicted molar refractivity (Wildman–Crippen MR) is 65.1 cm³/mol. The van der Waals surface area contributed by atoms with E-state index in [0.717, 1.165) is 5.56 Å². The first kappa shape index (κ1) is 12.6. The average molecular weight is 264 g/mol. The van der Waals surface area contributed by atoms with Gasteiger partial charge in [0, 0.05) is 6.54 Å². The van der Waals surface area contributed by atoms with E-state index in [2.05, 4.69) is 5.04 Å². The molecule has 1 aromatic carbocycles. The van der Waals surface area contributed by atoms with E-state index in [1.165, 1.54) is 0 Å². The Balaban J connectivity index is 1.76. The quantitative estimate of drug-likeness (QED) is 0.743. The van der Waals surface area contributed by atoms with Crippen LogP contribution in [0.15, 0.2) is 30.3 Å². The fraction of sp³-hybridized carbons (Fsp3) is 0.462. The van der Waals surface area contributed by atoms with Crippen molar-refractivity contribution >= 4 is 5.91 Å². The van der Waals surface area contributed by atoms with Gasteiger partial charge in [-0.1, -0.05) is 35.4 Å². The predicted octanol–water partition coefficient (Wildman–Crippen LogP) is 0.896. The normalized spacial score (nSPS) is 28.3. The molecule has 2 fully saturated rings. The van der Waals surface area contributed by atoms with Gasteiger partial charge in [-0.15, -0.1) is 0 Å². The van der Waals surface area contributed by atoms with Crippen LogP contribution in [0.4, 0.5) is 0 Å². The van der Waals surface area contributed by atoms with Gasteiger partial charge in [-0.3, -0.25) is 4.79 Å². The molecular formula is C13H16N2O4. The fourth-order valence-corrected chi connectivity index (χ4v) is 2.30. The van der Waals surface area contributed by atoms with Gasteiger partial charge in [-0.05, 0) is 12.6 Å². The van der Waals surface area contributed by atoms with Crippen molar-refractivity contribution in [3.05, 3.63) is 35.9 Å². The van der Waals surface area contributed by atoms with Gasteiger partial charge in [-0.25, -0.2) is 4.90 Å². The van der Waals surface area contributed by atoms with Gasteiger partial charge in [0.05, 0.1) is 13.0 Å². The standard InChI is InChI=1S/C13H16N2O4/c1-14-12-7-11(16)15(9-13(14)18-19-17-12)8-10-5-3-2-4-6-10/h2-6,12-13H,7-9H2,1H3. The highest BCUT2D eigenvalue weighted by Gasteiger charge is 2.39. The number of benzene rings is 1. The highest BCUT2D eigenvalue weighted by Crippen LogP contribution is 2.23. The lowest BCUT2D eigenvalue weighted by atomic mass is 10.2. The van der Waals surface area contributed by atoms with Gasteiger partial charge in [0.2, 0.25) is 5.91 Å². The zero-order valence-electron chi connectivity index (χ0n) is 10.7. The molecule has 1 aromatic rings. The highest BCUT2D eigenvalue weighted by atomic mass is 17.5. The lowest BCUT2D eigenvalue weighted by molar-refractivity contribution is -0.593. The first-order valence-corrected chi connectivity index (χ1v) is 6.26. The molecule has 0 saturated carbocycles. The molecule has 2 atom stereocenters. The smallest absolute Gasteiger partial charge is 0.227 e. The third-order valence-corrected chi connectivity index (χ3v) is 3.50. The summed E-state index contributed by atoms with van der Waals surface area (Å²) in [5, 5.41) is 4.61. The molecule has 2 heterocycles. The molecule has 0 aliphatic carbocycles. The molecule has 0 aromatic heterocycles.